The predicted octanol–water partition coefficient (Wildman–Crippen LogP) is 2.01. The summed E-state index contributed by atoms with van der Waals surface area (Å²) in [5.74, 6) is 1.30. The van der Waals surface area contributed by atoms with Gasteiger partial charge in [-0.2, -0.15) is 0 Å². The van der Waals surface area contributed by atoms with Gasteiger partial charge in [0.2, 0.25) is 0 Å². The summed E-state index contributed by atoms with van der Waals surface area (Å²) in [5, 5.41) is 0. The summed E-state index contributed by atoms with van der Waals surface area (Å²) >= 11 is 0. The van der Waals surface area contributed by atoms with Crippen molar-refractivity contribution in [2.45, 2.75) is 6.92 Å². The monoisotopic (exact) mass is 482 g/mol. The maximum Gasteiger partial charge on any atom is 0.00641 e. The van der Waals surface area contributed by atoms with E-state index in [0.29, 0.717) is 0 Å². The largest absolute Gasteiger partial charge is 0.114 e. The summed E-state index contributed by atoms with van der Waals surface area (Å²) in [7, 11) is 2.45. The van der Waals surface area contributed by atoms with Crippen LogP contribution in [0.5, 0.6) is 0 Å². The van der Waals surface area contributed by atoms with Gasteiger partial charge in [0.05, 0.1) is 0 Å². The molecule has 0 saturated carbocycles. The van der Waals surface area contributed by atoms with E-state index in [2.05, 4.69) is 13.2 Å². The minimum Gasteiger partial charge on any atom is -0.114 e. The van der Waals surface area contributed by atoms with Gasteiger partial charge in [-0.1, -0.05) is 13.2 Å². The number of hydrogen-bond acceptors (Lipinski definition) is 0. The van der Waals surface area contributed by atoms with E-state index in [0.717, 1.165) is 8.58 Å². The van der Waals surface area contributed by atoms with Crippen molar-refractivity contribution < 1.29 is 86.5 Å². The predicted molar refractivity (Wildman–Crippen MR) is 37.8 cm³/mol. The summed E-state index contributed by atoms with van der Waals surface area (Å²) in [6, 6.07) is 0. The van der Waals surface area contributed by atoms with Crippen LogP contribution in [0.4, 0.5) is 0 Å². The van der Waals surface area contributed by atoms with E-state index in [4.69, 9.17) is 0 Å². The fourth-order valence-electron chi connectivity index (χ4n) is 0.191. The van der Waals surface area contributed by atoms with E-state index in [-0.39, 0.29) is 86.5 Å². The Bertz CT molecular complexity index is 45.5. The second-order valence-electron chi connectivity index (χ2n) is 0.985. The Balaban J connectivity index is -0.0000000417. The average molecular weight is 482 g/mol. The summed E-state index contributed by atoms with van der Waals surface area (Å²) in [6.07, 6.45) is 5.04. The van der Waals surface area contributed by atoms with E-state index >= 15 is 0 Å². The van der Waals surface area contributed by atoms with Gasteiger partial charge in [0, 0.05) is 92.4 Å². The third kappa shape index (κ3) is 24.6. The van der Waals surface area contributed by atoms with Gasteiger partial charge in [-0.25, -0.2) is 0 Å². The molecule has 48 valence electrons. The van der Waals surface area contributed by atoms with Crippen LogP contribution in [0.3, 0.4) is 0 Å². The van der Waals surface area contributed by atoms with Crippen LogP contribution in [0.25, 0.3) is 0 Å². The molecule has 0 aliphatic heterocycles. The van der Waals surface area contributed by atoms with Crippen LogP contribution < -0.4 is 0 Å². The van der Waals surface area contributed by atoms with Gasteiger partial charge in [0.1, 0.15) is 0 Å². The molecule has 2 radical (unpaired) electrons. The average Bonchev–Trinajstić information content (AvgIpc) is 1.61. The normalized spacial score (nSPS) is 7.67. The van der Waals surface area contributed by atoms with E-state index in [9.17, 15) is 0 Å². The molecule has 0 amide bonds. The van der Waals surface area contributed by atoms with Crippen molar-refractivity contribution in [3.05, 3.63) is 0 Å². The first-order valence-electron chi connectivity index (χ1n) is 2.05. The summed E-state index contributed by atoms with van der Waals surface area (Å²) in [5.41, 5.74) is 0. The quantitative estimate of drug-likeness (QED) is 0.427. The van der Waals surface area contributed by atoms with Crippen molar-refractivity contribution in [3.8, 4) is 0 Å². The summed E-state index contributed by atoms with van der Waals surface area (Å²) in [4.78, 5) is 0. The van der Waals surface area contributed by atoms with Crippen LogP contribution in [0.2, 0.25) is 0 Å². The third-order valence-corrected chi connectivity index (χ3v) is 2.76. The maximum atomic E-state index is 3.70. The van der Waals surface area contributed by atoms with Gasteiger partial charge in [-0.15, -0.1) is 16.8 Å². The molecule has 0 nitrogen and oxygen atoms in total. The minimum atomic E-state index is 0. The zero-order chi connectivity index (χ0) is 4.83. The molecule has 0 spiro atoms. The SMILES string of the molecule is C=PCPCC.[W].[Y].[Y]. The standard InChI is InChI=1S/C4H10P2.W.2Y/c1-3-6-4-5-2;;;/h6H,2-4H2,1H3;;;. The smallest absolute Gasteiger partial charge is 0.00641 e. The molecule has 0 heterocycles. The van der Waals surface area contributed by atoms with Crippen LogP contribution in [-0.2, 0) is 86.5 Å². The topological polar surface area (TPSA) is 0 Å². The Kier molecular flexibility index (Phi) is 57.3. The van der Waals surface area contributed by atoms with Gasteiger partial charge >= 0.3 is 0 Å². The third-order valence-electron chi connectivity index (χ3n) is 0.474. The molecule has 0 fully saturated rings. The van der Waals surface area contributed by atoms with Crippen LogP contribution in [0.1, 0.15) is 6.92 Å². The molecule has 1 atom stereocenters. The fourth-order valence-corrected chi connectivity index (χ4v) is 1.72. The van der Waals surface area contributed by atoms with Crippen molar-refractivity contribution >= 4 is 23.1 Å². The molecule has 0 aromatic carbocycles. The van der Waals surface area contributed by atoms with Crippen LogP contribution in [0, 0.1) is 0 Å². The zero-order valence-electron chi connectivity index (χ0n) is 5.63. The summed E-state index contributed by atoms with van der Waals surface area (Å²) in [6.45, 7) is 2.21. The Morgan fingerprint density at radius 3 is 2.00 bits per heavy atom. The molecule has 0 aromatic heterocycles. The first-order chi connectivity index (χ1) is 2.91. The second-order valence-corrected chi connectivity index (χ2v) is 3.90. The van der Waals surface area contributed by atoms with Gasteiger partial charge in [-0.3, -0.25) is 0 Å². The molecule has 0 N–H and O–H groups in total. The molecular formula is C4H10P2WY2. The molecule has 5 heteroatoms. The van der Waals surface area contributed by atoms with Gasteiger partial charge in [-0.05, 0) is 6.16 Å². The van der Waals surface area contributed by atoms with Gasteiger partial charge < -0.3 is 0 Å². The van der Waals surface area contributed by atoms with Crippen molar-refractivity contribution in [2.75, 3.05) is 12.1 Å². The summed E-state index contributed by atoms with van der Waals surface area (Å²) < 4.78 is 0. The molecule has 0 aliphatic rings. The van der Waals surface area contributed by atoms with Crippen molar-refractivity contribution in [1.82, 2.24) is 0 Å². The Hall–Kier alpha value is 3.50. The Morgan fingerprint density at radius 2 is 1.89 bits per heavy atom. The van der Waals surface area contributed by atoms with Crippen LogP contribution in [-0.4, -0.2) is 18.4 Å². The maximum absolute atomic E-state index is 3.70. The van der Waals surface area contributed by atoms with Gasteiger partial charge in [0.25, 0.3) is 0 Å². The first-order valence-corrected chi connectivity index (χ1v) is 4.73. The molecular weight excluding hydrogens is 472 g/mol. The van der Waals surface area contributed by atoms with Gasteiger partial charge in [0.15, 0.2) is 0 Å². The van der Waals surface area contributed by atoms with E-state index < -0.39 is 0 Å². The van der Waals surface area contributed by atoms with E-state index in [1.54, 1.807) is 0 Å². The first kappa shape index (κ1) is 22.9. The molecule has 1 unspecified atom stereocenters. The molecule has 0 aliphatic carbocycles. The van der Waals surface area contributed by atoms with Crippen LogP contribution >= 0.6 is 16.8 Å². The molecule has 0 aromatic rings. The Labute approximate surface area is 126 Å². The molecule has 0 rings (SSSR count). The van der Waals surface area contributed by atoms with E-state index in [1.165, 1.54) is 20.3 Å². The molecule has 0 bridgehead atoms. The second kappa shape index (κ2) is 22.5. The number of hydrogen-bond donors (Lipinski definition) is 0. The number of rotatable bonds is 3. The van der Waals surface area contributed by atoms with Crippen molar-refractivity contribution in [3.63, 3.8) is 0 Å². The van der Waals surface area contributed by atoms with Crippen LogP contribution in [0.15, 0.2) is 0 Å². The molecule has 9 heavy (non-hydrogen) atoms. The zero-order valence-corrected chi connectivity index (χ0v) is 16.1. The fraction of sp³-hybridized carbons (Fsp3) is 0.750. The van der Waals surface area contributed by atoms with Crippen molar-refractivity contribution in [1.29, 1.82) is 0 Å². The molecule has 0 saturated heterocycles. The minimum absolute atomic E-state index is 0. The van der Waals surface area contributed by atoms with E-state index in [1.807, 2.05) is 0 Å². The van der Waals surface area contributed by atoms with Crippen molar-refractivity contribution in [2.24, 2.45) is 0 Å². The Morgan fingerprint density at radius 1 is 1.44 bits per heavy atom.